The van der Waals surface area contributed by atoms with Crippen molar-refractivity contribution in [3.05, 3.63) is 59.2 Å². The van der Waals surface area contributed by atoms with Gasteiger partial charge in [0.1, 0.15) is 0 Å². The highest BCUT2D eigenvalue weighted by Gasteiger charge is 2.18. The third kappa shape index (κ3) is 2.77. The Bertz CT molecular complexity index is 662. The number of fused-ring (bicyclic) bond motifs is 1. The van der Waals surface area contributed by atoms with Crippen LogP contribution in [0.4, 0.5) is 0 Å². The van der Waals surface area contributed by atoms with Crippen LogP contribution < -0.4 is 9.47 Å². The molecule has 1 aliphatic rings. The first-order valence-electron chi connectivity index (χ1n) is 7.14. The van der Waals surface area contributed by atoms with Gasteiger partial charge in [-0.3, -0.25) is 4.99 Å². The molecule has 2 aromatic carbocycles. The molecule has 0 aromatic heterocycles. The van der Waals surface area contributed by atoms with Crippen LogP contribution in [0.2, 0.25) is 0 Å². The zero-order chi connectivity index (χ0) is 14.7. The molecule has 0 radical (unpaired) electrons. The summed E-state index contributed by atoms with van der Waals surface area (Å²) >= 11 is 0. The molecule has 0 amide bonds. The van der Waals surface area contributed by atoms with Crippen molar-refractivity contribution in [1.82, 2.24) is 0 Å². The Labute approximate surface area is 125 Å². The third-order valence-corrected chi connectivity index (χ3v) is 3.82. The molecule has 1 heterocycles. The minimum atomic E-state index is 0.763. The Hall–Kier alpha value is -2.29. The van der Waals surface area contributed by atoms with Gasteiger partial charge in [0.15, 0.2) is 11.5 Å². The second-order valence-electron chi connectivity index (χ2n) is 5.11. The van der Waals surface area contributed by atoms with E-state index in [4.69, 9.17) is 14.5 Å². The lowest BCUT2D eigenvalue weighted by Gasteiger charge is -2.20. The maximum Gasteiger partial charge on any atom is 0.161 e. The lowest BCUT2D eigenvalue weighted by atomic mass is 9.93. The summed E-state index contributed by atoms with van der Waals surface area (Å²) in [5.41, 5.74) is 4.87. The van der Waals surface area contributed by atoms with Crippen LogP contribution in [0.3, 0.4) is 0 Å². The molecule has 3 nitrogen and oxygen atoms in total. The number of aliphatic imine (C=N–C) groups is 1. The molecule has 0 saturated carbocycles. The van der Waals surface area contributed by atoms with Crippen molar-refractivity contribution in [3.8, 4) is 11.5 Å². The van der Waals surface area contributed by atoms with Crippen LogP contribution >= 0.6 is 0 Å². The number of hydrogen-bond donors (Lipinski definition) is 0. The van der Waals surface area contributed by atoms with Gasteiger partial charge in [0.2, 0.25) is 0 Å². The normalized spacial score (nSPS) is 13.3. The summed E-state index contributed by atoms with van der Waals surface area (Å²) in [6.07, 6.45) is 1.80. The molecule has 3 rings (SSSR count). The minimum Gasteiger partial charge on any atom is -0.493 e. The summed E-state index contributed by atoms with van der Waals surface area (Å²) in [5, 5.41) is 0. The van der Waals surface area contributed by atoms with Gasteiger partial charge >= 0.3 is 0 Å². The lowest BCUT2D eigenvalue weighted by Crippen LogP contribution is -2.15. The first kappa shape index (κ1) is 13.7. The fourth-order valence-electron chi connectivity index (χ4n) is 2.73. The molecular formula is C18H19NO2. The fraction of sp³-hybridized carbons (Fsp3) is 0.278. The van der Waals surface area contributed by atoms with E-state index in [0.29, 0.717) is 0 Å². The Balaban J connectivity index is 1.97. The molecule has 0 aliphatic carbocycles. The molecule has 2 aromatic rings. The van der Waals surface area contributed by atoms with Gasteiger partial charge in [-0.15, -0.1) is 0 Å². The van der Waals surface area contributed by atoms with Crippen molar-refractivity contribution in [1.29, 1.82) is 0 Å². The summed E-state index contributed by atoms with van der Waals surface area (Å²) in [6.45, 7) is 0.838. The van der Waals surface area contributed by atoms with Crippen molar-refractivity contribution in [2.45, 2.75) is 12.8 Å². The first-order valence-corrected chi connectivity index (χ1v) is 7.14. The zero-order valence-electron chi connectivity index (χ0n) is 12.4. The Morgan fingerprint density at radius 2 is 1.71 bits per heavy atom. The maximum atomic E-state index is 5.42. The third-order valence-electron chi connectivity index (χ3n) is 3.82. The molecule has 3 heteroatoms. The smallest absolute Gasteiger partial charge is 0.161 e. The predicted octanol–water partition coefficient (Wildman–Crippen LogP) is 3.29. The van der Waals surface area contributed by atoms with Gasteiger partial charge in [0.25, 0.3) is 0 Å². The van der Waals surface area contributed by atoms with Crippen molar-refractivity contribution < 1.29 is 9.47 Å². The van der Waals surface area contributed by atoms with E-state index in [-0.39, 0.29) is 0 Å². The number of benzene rings is 2. The average Bonchev–Trinajstić information content (AvgIpc) is 2.55. The number of hydrogen-bond acceptors (Lipinski definition) is 3. The van der Waals surface area contributed by atoms with E-state index in [2.05, 4.69) is 36.4 Å². The van der Waals surface area contributed by atoms with E-state index in [0.717, 1.165) is 36.6 Å². The van der Waals surface area contributed by atoms with Crippen LogP contribution in [-0.2, 0) is 12.8 Å². The molecule has 0 fully saturated rings. The van der Waals surface area contributed by atoms with Gasteiger partial charge in [-0.1, -0.05) is 30.3 Å². The summed E-state index contributed by atoms with van der Waals surface area (Å²) in [6, 6.07) is 14.6. The topological polar surface area (TPSA) is 30.8 Å². The van der Waals surface area contributed by atoms with Gasteiger partial charge in [-0.2, -0.15) is 0 Å². The van der Waals surface area contributed by atoms with Crippen LogP contribution in [0.5, 0.6) is 11.5 Å². The van der Waals surface area contributed by atoms with Gasteiger partial charge in [0.05, 0.1) is 14.2 Å². The molecule has 0 saturated heterocycles. The second kappa shape index (κ2) is 6.00. The molecular weight excluding hydrogens is 262 g/mol. The van der Waals surface area contributed by atoms with Crippen LogP contribution in [0, 0.1) is 0 Å². The van der Waals surface area contributed by atoms with E-state index in [9.17, 15) is 0 Å². The van der Waals surface area contributed by atoms with Gasteiger partial charge in [-0.25, -0.2) is 0 Å². The Morgan fingerprint density at radius 1 is 1.00 bits per heavy atom. The number of rotatable bonds is 4. The quantitative estimate of drug-likeness (QED) is 0.861. The summed E-state index contributed by atoms with van der Waals surface area (Å²) < 4.78 is 10.8. The molecule has 0 spiro atoms. The Kier molecular flexibility index (Phi) is 3.91. The van der Waals surface area contributed by atoms with E-state index < -0.39 is 0 Å². The second-order valence-corrected chi connectivity index (χ2v) is 5.11. The maximum absolute atomic E-state index is 5.42. The molecule has 0 N–H and O–H groups in total. The molecule has 0 atom stereocenters. The van der Waals surface area contributed by atoms with Crippen molar-refractivity contribution in [2.24, 2.45) is 4.99 Å². The summed E-state index contributed by atoms with van der Waals surface area (Å²) in [5.74, 6) is 1.55. The molecule has 21 heavy (non-hydrogen) atoms. The van der Waals surface area contributed by atoms with Crippen molar-refractivity contribution in [3.63, 3.8) is 0 Å². The van der Waals surface area contributed by atoms with E-state index in [1.165, 1.54) is 16.7 Å². The van der Waals surface area contributed by atoms with Crippen LogP contribution in [0.15, 0.2) is 47.5 Å². The van der Waals surface area contributed by atoms with Crippen LogP contribution in [-0.4, -0.2) is 26.5 Å². The molecule has 0 unspecified atom stereocenters. The number of nitrogens with zero attached hydrogens (tertiary/aromatic N) is 1. The van der Waals surface area contributed by atoms with Gasteiger partial charge < -0.3 is 9.47 Å². The van der Waals surface area contributed by atoms with Gasteiger partial charge in [-0.05, 0) is 29.7 Å². The summed E-state index contributed by atoms with van der Waals surface area (Å²) in [4.78, 5) is 4.72. The van der Waals surface area contributed by atoms with Crippen LogP contribution in [0.1, 0.15) is 16.7 Å². The average molecular weight is 281 g/mol. The zero-order valence-corrected chi connectivity index (χ0v) is 12.4. The first-order chi connectivity index (χ1) is 10.3. The molecule has 108 valence electrons. The van der Waals surface area contributed by atoms with Crippen LogP contribution in [0.25, 0.3) is 0 Å². The highest BCUT2D eigenvalue weighted by molar-refractivity contribution is 6.04. The largest absolute Gasteiger partial charge is 0.493 e. The standard InChI is InChI=1S/C18H19NO2/c1-20-17-11-14-8-9-19-16(15(14)12-18(17)21-2)10-13-6-4-3-5-7-13/h3-7,11-12H,8-10H2,1-2H3. The highest BCUT2D eigenvalue weighted by Crippen LogP contribution is 2.33. The van der Waals surface area contributed by atoms with Gasteiger partial charge in [0, 0.05) is 24.2 Å². The fourth-order valence-corrected chi connectivity index (χ4v) is 2.73. The molecule has 0 bridgehead atoms. The predicted molar refractivity (Wildman–Crippen MR) is 84.8 cm³/mol. The van der Waals surface area contributed by atoms with E-state index in [1.54, 1.807) is 14.2 Å². The minimum absolute atomic E-state index is 0.763. The van der Waals surface area contributed by atoms with E-state index in [1.807, 2.05) is 6.07 Å². The monoisotopic (exact) mass is 281 g/mol. The highest BCUT2D eigenvalue weighted by atomic mass is 16.5. The molecule has 1 aliphatic heterocycles. The lowest BCUT2D eigenvalue weighted by molar-refractivity contribution is 0.354. The SMILES string of the molecule is COc1cc2c(cc1OC)C(Cc1ccccc1)=NCC2. The summed E-state index contributed by atoms with van der Waals surface area (Å²) in [7, 11) is 3.34. The number of ether oxygens (including phenoxy) is 2. The van der Waals surface area contributed by atoms with Crippen molar-refractivity contribution in [2.75, 3.05) is 20.8 Å². The van der Waals surface area contributed by atoms with Crippen molar-refractivity contribution >= 4 is 5.71 Å². The van der Waals surface area contributed by atoms with E-state index >= 15 is 0 Å². The Morgan fingerprint density at radius 3 is 2.43 bits per heavy atom. The number of methoxy groups -OCH3 is 2.